The topological polar surface area (TPSA) is 154 Å². The van der Waals surface area contributed by atoms with Crippen LogP contribution in [0.15, 0.2) is 29.4 Å². The van der Waals surface area contributed by atoms with Crippen molar-refractivity contribution >= 4 is 18.2 Å². The molecule has 3 aliphatic carbocycles. The highest BCUT2D eigenvalue weighted by Crippen LogP contribution is 2.37. The van der Waals surface area contributed by atoms with Crippen LogP contribution in [0.2, 0.25) is 0 Å². The highest BCUT2D eigenvalue weighted by Gasteiger charge is 2.36. The zero-order chi connectivity index (χ0) is 29.5. The Bertz CT molecular complexity index is 1330. The smallest absolute Gasteiger partial charge is 0.247 e. The Morgan fingerprint density at radius 1 is 0.634 bits per heavy atom. The molecule has 222 valence electrons. The molecule has 41 heavy (non-hydrogen) atoms. The van der Waals surface area contributed by atoms with Gasteiger partial charge < -0.3 is 0 Å². The summed E-state index contributed by atoms with van der Waals surface area (Å²) in [5, 5.41) is 0. The largest absolute Gasteiger partial charge is 0.336 e. The first-order chi connectivity index (χ1) is 19.8. The second-order valence-corrected chi connectivity index (χ2v) is 12.2. The van der Waals surface area contributed by atoms with Crippen molar-refractivity contribution in [3.8, 4) is 0 Å². The van der Waals surface area contributed by atoms with Crippen molar-refractivity contribution in [2.75, 3.05) is 6.54 Å². The molecule has 4 rings (SSSR count). The predicted octanol–water partition coefficient (Wildman–Crippen LogP) is 3.15. The van der Waals surface area contributed by atoms with Crippen molar-refractivity contribution in [2.45, 2.75) is 121 Å². The minimum atomic E-state index is -0.594. The van der Waals surface area contributed by atoms with E-state index in [1.807, 2.05) is 13.8 Å². The van der Waals surface area contributed by atoms with Crippen LogP contribution in [0, 0.1) is 17.8 Å². The molecule has 12 nitrogen and oxygen atoms in total. The number of hydrogen-bond acceptors (Lipinski definition) is 9. The van der Waals surface area contributed by atoms with Crippen molar-refractivity contribution in [2.24, 2.45) is 32.7 Å². The predicted molar refractivity (Wildman–Crippen MR) is 150 cm³/mol. The lowest BCUT2D eigenvalue weighted by atomic mass is 9.81. The van der Waals surface area contributed by atoms with Crippen LogP contribution in [-0.2, 0) is 14.4 Å². The summed E-state index contributed by atoms with van der Waals surface area (Å²) in [6.07, 6.45) is 13.0. The third-order valence-corrected chi connectivity index (χ3v) is 9.75. The van der Waals surface area contributed by atoms with Crippen LogP contribution in [0.1, 0.15) is 109 Å². The lowest BCUT2D eigenvalue weighted by molar-refractivity contribution is 0.187. The van der Waals surface area contributed by atoms with Gasteiger partial charge in [-0.2, -0.15) is 0 Å². The third kappa shape index (κ3) is 6.72. The molecule has 3 saturated carbocycles. The summed E-state index contributed by atoms with van der Waals surface area (Å²) < 4.78 is 3.86. The molecule has 0 N–H and O–H groups in total. The molecule has 1 aromatic heterocycles. The Balaban J connectivity index is 1.82. The fourth-order valence-corrected chi connectivity index (χ4v) is 7.48. The first-order valence-electron chi connectivity index (χ1n) is 15.0. The highest BCUT2D eigenvalue weighted by molar-refractivity contribution is 5.34. The second-order valence-electron chi connectivity index (χ2n) is 12.2. The van der Waals surface area contributed by atoms with E-state index in [-0.39, 0.29) is 29.8 Å². The van der Waals surface area contributed by atoms with Gasteiger partial charge in [-0.1, -0.05) is 19.3 Å². The van der Waals surface area contributed by atoms with Crippen molar-refractivity contribution in [3.63, 3.8) is 0 Å². The summed E-state index contributed by atoms with van der Waals surface area (Å²) in [6.45, 7) is 3.98. The average molecular weight is 569 g/mol. The third-order valence-electron chi connectivity index (χ3n) is 9.75. The van der Waals surface area contributed by atoms with Crippen LogP contribution >= 0.6 is 0 Å². The molecular formula is C29H40N6O6. The minimum Gasteiger partial charge on any atom is -0.247 e. The number of carbonyl (C=O) groups excluding carboxylic acids is 3. The Morgan fingerprint density at radius 2 is 1.05 bits per heavy atom. The summed E-state index contributed by atoms with van der Waals surface area (Å²) in [7, 11) is 0. The van der Waals surface area contributed by atoms with Gasteiger partial charge in [0.05, 0.1) is 18.6 Å². The van der Waals surface area contributed by atoms with Gasteiger partial charge in [-0.25, -0.2) is 57.4 Å². The first kappa shape index (κ1) is 30.5. The maximum Gasteiger partial charge on any atom is 0.336 e. The normalized spacial score (nSPS) is 29.7. The molecule has 3 fully saturated rings. The van der Waals surface area contributed by atoms with E-state index in [0.29, 0.717) is 45.1 Å². The van der Waals surface area contributed by atoms with Crippen LogP contribution in [0.5, 0.6) is 0 Å². The maximum absolute atomic E-state index is 14.1. The summed E-state index contributed by atoms with van der Waals surface area (Å²) in [5.74, 6) is 0.0611. The molecular weight excluding hydrogens is 528 g/mol. The maximum atomic E-state index is 14.1. The number of aliphatic imine (C=N–C) groups is 3. The summed E-state index contributed by atoms with van der Waals surface area (Å²) >= 11 is 0. The van der Waals surface area contributed by atoms with Crippen molar-refractivity contribution in [1.29, 1.82) is 0 Å². The van der Waals surface area contributed by atoms with E-state index in [1.54, 1.807) is 18.2 Å². The summed E-state index contributed by atoms with van der Waals surface area (Å²) in [4.78, 5) is 86.4. The molecule has 0 saturated heterocycles. The molecule has 8 atom stereocenters. The van der Waals surface area contributed by atoms with E-state index in [2.05, 4.69) is 15.0 Å². The number of isocyanates is 3. The van der Waals surface area contributed by atoms with E-state index < -0.39 is 35.2 Å². The van der Waals surface area contributed by atoms with Gasteiger partial charge in [0, 0.05) is 18.1 Å². The van der Waals surface area contributed by atoms with Crippen LogP contribution in [0.25, 0.3) is 0 Å². The molecule has 3 aliphatic rings. The molecule has 0 spiro atoms. The molecule has 0 aromatic carbocycles. The molecule has 1 heterocycles. The SMILES string of the molecule is CC(N=C=O)C1CCCC(n2c(=O)n(C3CCCC(CN=C=O)C3)c(=O)n(C3CCCC(C(C)N=C=O)C3)c2=O)C1. The molecule has 0 amide bonds. The van der Waals surface area contributed by atoms with E-state index in [9.17, 15) is 28.8 Å². The zero-order valence-electron chi connectivity index (χ0n) is 23.9. The lowest BCUT2D eigenvalue weighted by Crippen LogP contribution is -2.58. The molecule has 1 aromatic rings. The quantitative estimate of drug-likeness (QED) is 0.329. The number of rotatable bonds is 9. The van der Waals surface area contributed by atoms with Gasteiger partial charge in [-0.15, -0.1) is 0 Å². The number of hydrogen-bond donors (Lipinski definition) is 0. The van der Waals surface area contributed by atoms with Gasteiger partial charge in [-0.05, 0) is 89.4 Å². The monoisotopic (exact) mass is 568 g/mol. The van der Waals surface area contributed by atoms with Crippen LogP contribution in [-0.4, -0.2) is 50.6 Å². The van der Waals surface area contributed by atoms with E-state index in [4.69, 9.17) is 0 Å². The molecule has 8 unspecified atom stereocenters. The van der Waals surface area contributed by atoms with Gasteiger partial charge in [0.25, 0.3) is 0 Å². The Labute approximate surface area is 238 Å². The number of aromatic nitrogens is 3. The minimum absolute atomic E-state index is 0.0108. The van der Waals surface area contributed by atoms with Gasteiger partial charge in [0.15, 0.2) is 0 Å². The fraction of sp³-hybridized carbons (Fsp3) is 0.793. The Hall–Kier alpha value is -3.45. The Kier molecular flexibility index (Phi) is 10.4. The standard InChI is InChI=1S/C29H40N6O6/c1-19(31-17-37)22-7-4-10-25(13-22)34-27(39)33(24-9-3-6-21(12-24)15-30-16-36)28(40)35(29(34)41)26-11-5-8-23(14-26)20(2)32-18-38/h19-26H,3-15H2,1-2H3. The highest BCUT2D eigenvalue weighted by atomic mass is 16.2. The molecule has 0 radical (unpaired) electrons. The molecule has 12 heteroatoms. The van der Waals surface area contributed by atoms with Crippen LogP contribution in [0.3, 0.4) is 0 Å². The van der Waals surface area contributed by atoms with Gasteiger partial charge in [0.2, 0.25) is 18.2 Å². The average Bonchev–Trinajstić information content (AvgIpc) is 2.97. The summed E-state index contributed by atoms with van der Waals surface area (Å²) in [6, 6.07) is -1.82. The lowest BCUT2D eigenvalue weighted by Gasteiger charge is -2.36. The van der Waals surface area contributed by atoms with Gasteiger partial charge in [-0.3, -0.25) is 0 Å². The summed E-state index contributed by atoms with van der Waals surface area (Å²) in [5.41, 5.74) is -1.78. The molecule has 0 aliphatic heterocycles. The molecule has 0 bridgehead atoms. The second kappa shape index (κ2) is 13.9. The number of nitrogens with zero attached hydrogens (tertiary/aromatic N) is 6. The van der Waals surface area contributed by atoms with Gasteiger partial charge in [0.1, 0.15) is 0 Å². The zero-order valence-corrected chi connectivity index (χ0v) is 23.9. The van der Waals surface area contributed by atoms with Crippen molar-refractivity contribution in [3.05, 3.63) is 31.5 Å². The fourth-order valence-electron chi connectivity index (χ4n) is 7.48. The van der Waals surface area contributed by atoms with E-state index >= 15 is 0 Å². The van der Waals surface area contributed by atoms with Gasteiger partial charge >= 0.3 is 17.1 Å². The first-order valence-corrected chi connectivity index (χ1v) is 15.0. The van der Waals surface area contributed by atoms with Crippen LogP contribution < -0.4 is 17.1 Å². The van der Waals surface area contributed by atoms with E-state index in [0.717, 1.165) is 38.5 Å². The van der Waals surface area contributed by atoms with Crippen molar-refractivity contribution in [1.82, 2.24) is 13.7 Å². The Morgan fingerprint density at radius 3 is 1.46 bits per heavy atom. The van der Waals surface area contributed by atoms with Crippen LogP contribution in [0.4, 0.5) is 0 Å². The van der Waals surface area contributed by atoms with E-state index in [1.165, 1.54) is 13.7 Å². The van der Waals surface area contributed by atoms with Crippen molar-refractivity contribution < 1.29 is 14.4 Å².